The third-order valence-electron chi connectivity index (χ3n) is 4.88. The van der Waals surface area contributed by atoms with Crippen molar-refractivity contribution in [1.29, 1.82) is 0 Å². The van der Waals surface area contributed by atoms with Gasteiger partial charge in [-0.15, -0.1) is 0 Å². The summed E-state index contributed by atoms with van der Waals surface area (Å²) in [6.45, 7) is 5.80. The molecule has 1 aliphatic rings. The predicted molar refractivity (Wildman–Crippen MR) is 108 cm³/mol. The second-order valence-corrected chi connectivity index (χ2v) is 6.71. The molecule has 2 heterocycles. The molecule has 0 aliphatic carbocycles. The van der Waals surface area contributed by atoms with Gasteiger partial charge in [-0.1, -0.05) is 31.5 Å². The molecule has 0 bridgehead atoms. The van der Waals surface area contributed by atoms with Crippen LogP contribution in [0, 0.1) is 10.1 Å². The van der Waals surface area contributed by atoms with Gasteiger partial charge in [0.05, 0.1) is 4.92 Å². The average molecular weight is 370 g/mol. The van der Waals surface area contributed by atoms with Crippen molar-refractivity contribution in [2.45, 2.75) is 19.8 Å². The van der Waals surface area contributed by atoms with Gasteiger partial charge >= 0.3 is 5.69 Å². The summed E-state index contributed by atoms with van der Waals surface area (Å²) in [4.78, 5) is 26.1. The second-order valence-electron chi connectivity index (χ2n) is 6.71. The minimum atomic E-state index is -0.351. The number of rotatable bonds is 7. The molecule has 2 aromatic rings. The Balaban J connectivity index is 1.79. The summed E-state index contributed by atoms with van der Waals surface area (Å²) >= 11 is 0. The lowest BCUT2D eigenvalue weighted by atomic mass is 10.2. The first-order valence-electron chi connectivity index (χ1n) is 9.37. The molecule has 0 unspecified atom stereocenters. The van der Waals surface area contributed by atoms with Crippen molar-refractivity contribution in [1.82, 2.24) is 9.97 Å². The predicted octanol–water partition coefficient (Wildman–Crippen LogP) is 2.95. The molecule has 1 aliphatic heterocycles. The van der Waals surface area contributed by atoms with E-state index >= 15 is 0 Å². The molecular weight excluding hydrogens is 344 g/mol. The molecule has 1 aromatic carbocycles. The summed E-state index contributed by atoms with van der Waals surface area (Å²) < 4.78 is 0. The maximum absolute atomic E-state index is 11.8. The summed E-state index contributed by atoms with van der Waals surface area (Å²) in [6.07, 6.45) is 3.42. The maximum atomic E-state index is 11.8. The van der Waals surface area contributed by atoms with Crippen LogP contribution in [0.1, 0.15) is 19.8 Å². The molecule has 0 N–H and O–H groups in total. The molecule has 0 atom stereocenters. The van der Waals surface area contributed by atoms with E-state index in [1.807, 2.05) is 35.0 Å². The van der Waals surface area contributed by atoms with E-state index in [9.17, 15) is 10.1 Å². The molecule has 0 amide bonds. The van der Waals surface area contributed by atoms with E-state index in [1.54, 1.807) is 0 Å². The Morgan fingerprint density at radius 1 is 1.11 bits per heavy atom. The Hall–Kier alpha value is -2.90. The molecule has 3 rings (SSSR count). The van der Waals surface area contributed by atoms with Gasteiger partial charge in [0, 0.05) is 45.5 Å². The highest BCUT2D eigenvalue weighted by Crippen LogP contribution is 2.34. The molecule has 27 heavy (non-hydrogen) atoms. The van der Waals surface area contributed by atoms with Crippen LogP contribution in [-0.2, 0) is 0 Å². The van der Waals surface area contributed by atoms with Gasteiger partial charge in [-0.3, -0.25) is 10.1 Å². The fourth-order valence-electron chi connectivity index (χ4n) is 3.35. The summed E-state index contributed by atoms with van der Waals surface area (Å²) in [5.41, 5.74) is 1.18. The second kappa shape index (κ2) is 8.66. The summed E-state index contributed by atoms with van der Waals surface area (Å²) in [7, 11) is 1.85. The largest absolute Gasteiger partial charge is 0.368 e. The SMILES string of the molecule is CCCCN(C)c1ncnc(N2CCN(c3ccccc3)CC2)c1[N+](=O)[O-]. The third kappa shape index (κ3) is 4.27. The number of hydrogen-bond donors (Lipinski definition) is 0. The maximum Gasteiger partial charge on any atom is 0.353 e. The molecule has 8 nitrogen and oxygen atoms in total. The monoisotopic (exact) mass is 370 g/mol. The van der Waals surface area contributed by atoms with E-state index in [0.29, 0.717) is 24.7 Å². The van der Waals surface area contributed by atoms with Crippen molar-refractivity contribution in [2.75, 3.05) is 54.5 Å². The smallest absolute Gasteiger partial charge is 0.353 e. The Morgan fingerprint density at radius 2 is 1.78 bits per heavy atom. The van der Waals surface area contributed by atoms with Gasteiger partial charge in [-0.05, 0) is 18.6 Å². The van der Waals surface area contributed by atoms with Crippen molar-refractivity contribution in [2.24, 2.45) is 0 Å². The number of nitro groups is 1. The Kier molecular flexibility index (Phi) is 6.05. The summed E-state index contributed by atoms with van der Waals surface area (Å²) in [5.74, 6) is 0.810. The fraction of sp³-hybridized carbons (Fsp3) is 0.474. The molecule has 144 valence electrons. The van der Waals surface area contributed by atoms with Crippen molar-refractivity contribution in [3.63, 3.8) is 0 Å². The van der Waals surface area contributed by atoms with E-state index in [0.717, 1.165) is 32.5 Å². The molecule has 0 radical (unpaired) electrons. The highest BCUT2D eigenvalue weighted by molar-refractivity contribution is 5.71. The van der Waals surface area contributed by atoms with E-state index in [-0.39, 0.29) is 10.6 Å². The number of benzene rings is 1. The van der Waals surface area contributed by atoms with Crippen LogP contribution in [0.5, 0.6) is 0 Å². The zero-order chi connectivity index (χ0) is 19.2. The number of aromatic nitrogens is 2. The van der Waals surface area contributed by atoms with Crippen LogP contribution in [0.3, 0.4) is 0 Å². The van der Waals surface area contributed by atoms with Crippen molar-refractivity contribution < 1.29 is 4.92 Å². The Bertz CT molecular complexity index is 762. The zero-order valence-corrected chi connectivity index (χ0v) is 15.9. The fourth-order valence-corrected chi connectivity index (χ4v) is 3.35. The van der Waals surface area contributed by atoms with E-state index in [1.165, 1.54) is 12.0 Å². The lowest BCUT2D eigenvalue weighted by Crippen LogP contribution is -2.47. The molecule has 1 aromatic heterocycles. The van der Waals surface area contributed by atoms with Gasteiger partial charge in [-0.25, -0.2) is 9.97 Å². The standard InChI is InChI=1S/C19H26N6O2/c1-3-4-10-22(2)18-17(25(26)27)19(21-15-20-18)24-13-11-23(12-14-24)16-8-6-5-7-9-16/h5-9,15H,3-4,10-14H2,1-2H3. The van der Waals surface area contributed by atoms with Crippen LogP contribution in [0.2, 0.25) is 0 Å². The summed E-state index contributed by atoms with van der Waals surface area (Å²) in [6, 6.07) is 10.2. The highest BCUT2D eigenvalue weighted by Gasteiger charge is 2.30. The Morgan fingerprint density at radius 3 is 2.41 bits per heavy atom. The summed E-state index contributed by atoms with van der Waals surface area (Å²) in [5, 5.41) is 11.8. The first-order chi connectivity index (χ1) is 13.1. The van der Waals surface area contributed by atoms with Gasteiger partial charge in [0.1, 0.15) is 6.33 Å². The minimum Gasteiger partial charge on any atom is -0.368 e. The minimum absolute atomic E-state index is 0.00395. The average Bonchev–Trinajstić information content (AvgIpc) is 2.72. The van der Waals surface area contributed by atoms with Crippen LogP contribution >= 0.6 is 0 Å². The molecule has 8 heteroatoms. The molecule has 1 saturated heterocycles. The normalized spacial score (nSPS) is 14.3. The molecule has 1 fully saturated rings. The highest BCUT2D eigenvalue weighted by atomic mass is 16.6. The number of piperazine rings is 1. The number of anilines is 3. The lowest BCUT2D eigenvalue weighted by Gasteiger charge is -2.36. The van der Waals surface area contributed by atoms with Crippen LogP contribution in [-0.4, -0.2) is 54.7 Å². The van der Waals surface area contributed by atoms with Gasteiger partial charge in [0.15, 0.2) is 0 Å². The lowest BCUT2D eigenvalue weighted by molar-refractivity contribution is -0.383. The van der Waals surface area contributed by atoms with E-state index < -0.39 is 0 Å². The van der Waals surface area contributed by atoms with Gasteiger partial charge < -0.3 is 14.7 Å². The van der Waals surface area contributed by atoms with Gasteiger partial charge in [-0.2, -0.15) is 0 Å². The zero-order valence-electron chi connectivity index (χ0n) is 15.9. The first kappa shape index (κ1) is 18.9. The van der Waals surface area contributed by atoms with Crippen LogP contribution in [0.15, 0.2) is 36.7 Å². The van der Waals surface area contributed by atoms with Crippen LogP contribution < -0.4 is 14.7 Å². The van der Waals surface area contributed by atoms with Gasteiger partial charge in [0.2, 0.25) is 11.6 Å². The number of nitrogens with zero attached hydrogens (tertiary/aromatic N) is 6. The quantitative estimate of drug-likeness (QED) is 0.548. The van der Waals surface area contributed by atoms with Crippen molar-refractivity contribution in [3.05, 3.63) is 46.8 Å². The number of para-hydroxylation sites is 1. The van der Waals surface area contributed by atoms with Crippen molar-refractivity contribution >= 4 is 23.0 Å². The number of hydrogen-bond acceptors (Lipinski definition) is 7. The van der Waals surface area contributed by atoms with Gasteiger partial charge in [0.25, 0.3) is 0 Å². The van der Waals surface area contributed by atoms with E-state index in [4.69, 9.17) is 0 Å². The van der Waals surface area contributed by atoms with Crippen molar-refractivity contribution in [3.8, 4) is 0 Å². The molecule has 0 spiro atoms. The van der Waals surface area contributed by atoms with Crippen LogP contribution in [0.4, 0.5) is 23.0 Å². The van der Waals surface area contributed by atoms with Crippen LogP contribution in [0.25, 0.3) is 0 Å². The molecular formula is C19H26N6O2. The first-order valence-corrected chi connectivity index (χ1v) is 9.37. The third-order valence-corrected chi connectivity index (χ3v) is 4.88. The number of unbranched alkanes of at least 4 members (excludes halogenated alkanes) is 1. The van der Waals surface area contributed by atoms with E-state index in [2.05, 4.69) is 33.9 Å². The molecule has 0 saturated carbocycles. The Labute approximate surface area is 159 Å². The topological polar surface area (TPSA) is 78.6 Å².